The Morgan fingerprint density at radius 1 is 1.42 bits per heavy atom. The van der Waals surface area contributed by atoms with Gasteiger partial charge in [-0.05, 0) is 36.2 Å². The Morgan fingerprint density at radius 2 is 2.26 bits per heavy atom. The van der Waals surface area contributed by atoms with Crippen LogP contribution in [0.4, 0.5) is 5.69 Å². The molecular weight excluding hydrogens is 236 g/mol. The Kier molecular flexibility index (Phi) is 3.00. The zero-order valence-corrected chi connectivity index (χ0v) is 11.7. The minimum atomic E-state index is 0.504. The smallest absolute Gasteiger partial charge is 0.213 e. The highest BCUT2D eigenvalue weighted by molar-refractivity contribution is 5.36. The molecule has 3 aliphatic carbocycles. The standard InChI is InChI=1S/C16H22N2O/c1-16(2)12-4-3-11(14(16)9-12)7-8-19-15-6-5-13(17)10-18-15/h3,5-6,10,12,14H,4,7-9,17H2,1-2H3. The molecule has 0 aliphatic heterocycles. The molecule has 2 atom stereocenters. The van der Waals surface area contributed by atoms with Crippen LogP contribution in [0.3, 0.4) is 0 Å². The van der Waals surface area contributed by atoms with Gasteiger partial charge < -0.3 is 10.5 Å². The van der Waals surface area contributed by atoms with Crippen molar-refractivity contribution in [1.29, 1.82) is 0 Å². The number of fused-ring (bicyclic) bond motifs is 1. The molecule has 19 heavy (non-hydrogen) atoms. The maximum Gasteiger partial charge on any atom is 0.213 e. The summed E-state index contributed by atoms with van der Waals surface area (Å²) in [5.74, 6) is 2.34. The van der Waals surface area contributed by atoms with Crippen molar-refractivity contribution in [2.75, 3.05) is 12.3 Å². The van der Waals surface area contributed by atoms with Crippen molar-refractivity contribution in [3.63, 3.8) is 0 Å². The van der Waals surface area contributed by atoms with Gasteiger partial charge in [0.25, 0.3) is 0 Å². The highest BCUT2D eigenvalue weighted by Gasteiger charge is 2.50. The number of nitrogen functional groups attached to an aromatic ring is 1. The first-order valence-electron chi connectivity index (χ1n) is 7.10. The van der Waals surface area contributed by atoms with E-state index in [4.69, 9.17) is 10.5 Å². The molecule has 1 heterocycles. The van der Waals surface area contributed by atoms with Gasteiger partial charge in [-0.1, -0.05) is 25.5 Å². The number of ether oxygens (including phenoxy) is 1. The molecule has 3 heteroatoms. The van der Waals surface area contributed by atoms with Gasteiger partial charge in [0, 0.05) is 12.5 Å². The highest BCUT2D eigenvalue weighted by Crippen LogP contribution is 2.59. The SMILES string of the molecule is CC1(C)C2CC=C(CCOc3ccc(N)cn3)C1C2. The Hall–Kier alpha value is -1.51. The van der Waals surface area contributed by atoms with E-state index in [9.17, 15) is 0 Å². The van der Waals surface area contributed by atoms with Gasteiger partial charge in [0.05, 0.1) is 18.5 Å². The molecule has 1 fully saturated rings. The predicted molar refractivity (Wildman–Crippen MR) is 76.8 cm³/mol. The molecule has 1 aromatic heterocycles. The third kappa shape index (κ3) is 2.22. The summed E-state index contributed by atoms with van der Waals surface area (Å²) in [5, 5.41) is 0. The zero-order chi connectivity index (χ0) is 13.5. The highest BCUT2D eigenvalue weighted by atomic mass is 16.5. The number of hydrogen-bond donors (Lipinski definition) is 1. The maximum absolute atomic E-state index is 5.69. The summed E-state index contributed by atoms with van der Waals surface area (Å²) in [6.45, 7) is 5.52. The molecule has 3 aliphatic rings. The molecule has 2 N–H and O–H groups in total. The summed E-state index contributed by atoms with van der Waals surface area (Å²) in [5.41, 5.74) is 8.36. The quantitative estimate of drug-likeness (QED) is 0.842. The van der Waals surface area contributed by atoms with Crippen LogP contribution in [-0.4, -0.2) is 11.6 Å². The third-order valence-electron chi connectivity index (χ3n) is 4.98. The van der Waals surface area contributed by atoms with E-state index in [2.05, 4.69) is 24.9 Å². The molecule has 102 valence electrons. The number of nitrogens with zero attached hydrogens (tertiary/aromatic N) is 1. The fraction of sp³-hybridized carbons (Fsp3) is 0.562. The summed E-state index contributed by atoms with van der Waals surface area (Å²) in [4.78, 5) is 4.15. The number of allylic oxidation sites excluding steroid dienone is 1. The largest absolute Gasteiger partial charge is 0.477 e. The molecule has 0 saturated heterocycles. The Bertz CT molecular complexity index is 490. The number of nitrogens with two attached hydrogens (primary N) is 1. The van der Waals surface area contributed by atoms with Crippen LogP contribution in [0.5, 0.6) is 5.88 Å². The zero-order valence-electron chi connectivity index (χ0n) is 11.7. The van der Waals surface area contributed by atoms with Crippen LogP contribution >= 0.6 is 0 Å². The van der Waals surface area contributed by atoms with Crippen LogP contribution in [0, 0.1) is 17.3 Å². The van der Waals surface area contributed by atoms with Crippen LogP contribution in [0.2, 0.25) is 0 Å². The third-order valence-corrected chi connectivity index (χ3v) is 4.98. The van der Waals surface area contributed by atoms with Crippen molar-refractivity contribution in [1.82, 2.24) is 4.98 Å². The molecule has 0 aromatic carbocycles. The van der Waals surface area contributed by atoms with E-state index in [1.807, 2.05) is 12.1 Å². The summed E-state index contributed by atoms with van der Waals surface area (Å²) in [6, 6.07) is 3.65. The minimum absolute atomic E-state index is 0.504. The van der Waals surface area contributed by atoms with Crippen molar-refractivity contribution in [2.45, 2.75) is 33.1 Å². The van der Waals surface area contributed by atoms with Gasteiger partial charge in [0.15, 0.2) is 0 Å². The first-order chi connectivity index (χ1) is 9.07. The second-order valence-electron chi connectivity index (χ2n) is 6.35. The lowest BCUT2D eigenvalue weighted by molar-refractivity contribution is -0.00921. The van der Waals surface area contributed by atoms with Crippen LogP contribution < -0.4 is 10.5 Å². The molecule has 4 rings (SSSR count). The van der Waals surface area contributed by atoms with E-state index in [1.54, 1.807) is 11.8 Å². The number of aromatic nitrogens is 1. The Balaban J connectivity index is 1.53. The minimum Gasteiger partial charge on any atom is -0.477 e. The topological polar surface area (TPSA) is 48.1 Å². The van der Waals surface area contributed by atoms with Crippen molar-refractivity contribution in [3.05, 3.63) is 30.0 Å². The number of pyridine rings is 1. The second-order valence-corrected chi connectivity index (χ2v) is 6.35. The fourth-order valence-corrected chi connectivity index (χ4v) is 3.51. The van der Waals surface area contributed by atoms with E-state index < -0.39 is 0 Å². The summed E-state index contributed by atoms with van der Waals surface area (Å²) < 4.78 is 5.69. The molecular formula is C16H22N2O. The van der Waals surface area contributed by atoms with Crippen molar-refractivity contribution < 1.29 is 4.74 Å². The van der Waals surface area contributed by atoms with E-state index >= 15 is 0 Å². The lowest BCUT2D eigenvalue weighted by Gasteiger charge is -2.56. The summed E-state index contributed by atoms with van der Waals surface area (Å²) in [7, 11) is 0. The molecule has 0 radical (unpaired) electrons. The van der Waals surface area contributed by atoms with Gasteiger partial charge in [-0.15, -0.1) is 0 Å². The van der Waals surface area contributed by atoms with Gasteiger partial charge in [0.1, 0.15) is 0 Å². The average Bonchev–Trinajstić information content (AvgIpc) is 2.41. The number of hydrogen-bond acceptors (Lipinski definition) is 3. The van der Waals surface area contributed by atoms with Crippen molar-refractivity contribution in [2.24, 2.45) is 17.3 Å². The lowest BCUT2D eigenvalue weighted by Crippen LogP contribution is -2.48. The first-order valence-corrected chi connectivity index (χ1v) is 7.10. The van der Waals surface area contributed by atoms with E-state index in [1.165, 1.54) is 12.8 Å². The normalized spacial score (nSPS) is 27.4. The molecule has 0 spiro atoms. The summed E-state index contributed by atoms with van der Waals surface area (Å²) >= 11 is 0. The van der Waals surface area contributed by atoms with E-state index in [0.717, 1.165) is 18.3 Å². The number of rotatable bonds is 4. The van der Waals surface area contributed by atoms with Gasteiger partial charge >= 0.3 is 0 Å². The van der Waals surface area contributed by atoms with Gasteiger partial charge in [0.2, 0.25) is 5.88 Å². The van der Waals surface area contributed by atoms with E-state index in [0.29, 0.717) is 23.6 Å². The van der Waals surface area contributed by atoms with Crippen LogP contribution in [0.15, 0.2) is 30.0 Å². The maximum atomic E-state index is 5.69. The molecule has 1 aromatic rings. The molecule has 2 bridgehead atoms. The second kappa shape index (κ2) is 4.55. The molecule has 0 amide bonds. The summed E-state index contributed by atoms with van der Waals surface area (Å²) in [6.07, 6.45) is 7.71. The Morgan fingerprint density at radius 3 is 2.89 bits per heavy atom. The van der Waals surface area contributed by atoms with Crippen LogP contribution in [-0.2, 0) is 0 Å². The molecule has 2 unspecified atom stereocenters. The monoisotopic (exact) mass is 258 g/mol. The molecule has 3 nitrogen and oxygen atoms in total. The average molecular weight is 258 g/mol. The predicted octanol–water partition coefficient (Wildman–Crippen LogP) is 3.43. The van der Waals surface area contributed by atoms with Crippen molar-refractivity contribution >= 4 is 5.69 Å². The number of anilines is 1. The molecule has 1 saturated carbocycles. The lowest BCUT2D eigenvalue weighted by atomic mass is 9.48. The van der Waals surface area contributed by atoms with Crippen LogP contribution in [0.25, 0.3) is 0 Å². The van der Waals surface area contributed by atoms with Gasteiger partial charge in [-0.25, -0.2) is 4.98 Å². The van der Waals surface area contributed by atoms with E-state index in [-0.39, 0.29) is 0 Å². The first kappa shape index (κ1) is 12.5. The van der Waals surface area contributed by atoms with Gasteiger partial charge in [-0.3, -0.25) is 0 Å². The van der Waals surface area contributed by atoms with Crippen LogP contribution in [0.1, 0.15) is 33.1 Å². The van der Waals surface area contributed by atoms with Crippen molar-refractivity contribution in [3.8, 4) is 5.88 Å². The van der Waals surface area contributed by atoms with Gasteiger partial charge in [-0.2, -0.15) is 0 Å². The fourth-order valence-electron chi connectivity index (χ4n) is 3.51. The Labute approximate surface area is 114 Å².